The molecule has 0 bridgehead atoms. The lowest BCUT2D eigenvalue weighted by Gasteiger charge is -2.13. The zero-order valence-corrected chi connectivity index (χ0v) is 14.4. The molecule has 0 spiro atoms. The molecule has 0 aliphatic carbocycles. The quantitative estimate of drug-likeness (QED) is 0.729. The summed E-state index contributed by atoms with van der Waals surface area (Å²) in [4.78, 5) is 21.4. The van der Waals surface area contributed by atoms with E-state index in [4.69, 9.17) is 4.74 Å². The summed E-state index contributed by atoms with van der Waals surface area (Å²) in [7, 11) is 1.64. The van der Waals surface area contributed by atoms with Gasteiger partial charge in [0.05, 0.1) is 6.61 Å². The molecule has 6 heteroatoms. The molecule has 0 saturated heterocycles. The SMILES string of the molecule is CCC(C)NC(=O)c1cc(NCCOC)nc(-c2ccccc2)n1. The topological polar surface area (TPSA) is 76.1 Å². The van der Waals surface area contributed by atoms with Crippen molar-refractivity contribution in [2.45, 2.75) is 26.3 Å². The Bertz CT molecular complexity index is 661. The van der Waals surface area contributed by atoms with E-state index in [0.29, 0.717) is 30.5 Å². The smallest absolute Gasteiger partial charge is 0.270 e. The number of hydrogen-bond donors (Lipinski definition) is 2. The fourth-order valence-corrected chi connectivity index (χ4v) is 2.05. The third kappa shape index (κ3) is 5.03. The minimum atomic E-state index is -0.196. The Morgan fingerprint density at radius 2 is 2.00 bits per heavy atom. The number of anilines is 1. The minimum Gasteiger partial charge on any atom is -0.383 e. The van der Waals surface area contributed by atoms with Crippen molar-refractivity contribution in [3.63, 3.8) is 0 Å². The van der Waals surface area contributed by atoms with Crippen molar-refractivity contribution < 1.29 is 9.53 Å². The number of nitrogens with one attached hydrogen (secondary N) is 2. The van der Waals surface area contributed by atoms with Crippen molar-refractivity contribution in [1.82, 2.24) is 15.3 Å². The van der Waals surface area contributed by atoms with Crippen LogP contribution in [0.5, 0.6) is 0 Å². The number of rotatable bonds is 8. The normalized spacial score (nSPS) is 11.8. The van der Waals surface area contributed by atoms with Gasteiger partial charge in [0.1, 0.15) is 11.5 Å². The molecule has 2 rings (SSSR count). The van der Waals surface area contributed by atoms with Crippen LogP contribution in [-0.2, 0) is 4.74 Å². The van der Waals surface area contributed by atoms with Gasteiger partial charge in [-0.1, -0.05) is 37.3 Å². The molecule has 2 aromatic rings. The average Bonchev–Trinajstić information content (AvgIpc) is 2.62. The fraction of sp³-hybridized carbons (Fsp3) is 0.389. The van der Waals surface area contributed by atoms with E-state index in [2.05, 4.69) is 20.6 Å². The maximum absolute atomic E-state index is 12.4. The summed E-state index contributed by atoms with van der Waals surface area (Å²) in [5, 5.41) is 6.10. The van der Waals surface area contributed by atoms with Gasteiger partial charge in [0.25, 0.3) is 5.91 Å². The number of benzene rings is 1. The van der Waals surface area contributed by atoms with E-state index in [9.17, 15) is 4.79 Å². The number of hydrogen-bond acceptors (Lipinski definition) is 5. The second kappa shape index (κ2) is 8.98. The van der Waals surface area contributed by atoms with Crippen molar-refractivity contribution in [3.8, 4) is 11.4 Å². The Morgan fingerprint density at radius 1 is 1.25 bits per heavy atom. The van der Waals surface area contributed by atoms with Gasteiger partial charge < -0.3 is 15.4 Å². The maximum Gasteiger partial charge on any atom is 0.270 e. The monoisotopic (exact) mass is 328 g/mol. The van der Waals surface area contributed by atoms with E-state index in [1.54, 1.807) is 13.2 Å². The molecule has 0 saturated carbocycles. The van der Waals surface area contributed by atoms with Crippen LogP contribution in [0.15, 0.2) is 36.4 Å². The molecule has 0 fully saturated rings. The Hall–Kier alpha value is -2.47. The third-order valence-electron chi connectivity index (χ3n) is 3.59. The molecule has 6 nitrogen and oxygen atoms in total. The second-order valence-corrected chi connectivity index (χ2v) is 5.53. The second-order valence-electron chi connectivity index (χ2n) is 5.53. The molecule has 1 aromatic carbocycles. The van der Waals surface area contributed by atoms with Gasteiger partial charge in [0.15, 0.2) is 5.82 Å². The van der Waals surface area contributed by atoms with Crippen LogP contribution in [0.1, 0.15) is 30.8 Å². The lowest BCUT2D eigenvalue weighted by Crippen LogP contribution is -2.32. The van der Waals surface area contributed by atoms with Crippen LogP contribution in [-0.4, -0.2) is 42.2 Å². The molecule has 0 aliphatic rings. The van der Waals surface area contributed by atoms with Gasteiger partial charge in [-0.15, -0.1) is 0 Å². The van der Waals surface area contributed by atoms with Gasteiger partial charge in [-0.25, -0.2) is 9.97 Å². The van der Waals surface area contributed by atoms with Crippen molar-refractivity contribution in [1.29, 1.82) is 0 Å². The largest absolute Gasteiger partial charge is 0.383 e. The van der Waals surface area contributed by atoms with Crippen molar-refractivity contribution in [2.75, 3.05) is 25.6 Å². The summed E-state index contributed by atoms with van der Waals surface area (Å²) in [6, 6.07) is 11.4. The standard InChI is InChI=1S/C18H24N4O2/c1-4-13(2)20-18(23)15-12-16(19-10-11-24-3)22-17(21-15)14-8-6-5-7-9-14/h5-9,12-13H,4,10-11H2,1-3H3,(H,20,23)(H,19,21,22). The molecule has 1 heterocycles. The number of amides is 1. The third-order valence-corrected chi connectivity index (χ3v) is 3.59. The fourth-order valence-electron chi connectivity index (χ4n) is 2.05. The molecule has 0 radical (unpaired) electrons. The number of carbonyl (C=O) groups excluding carboxylic acids is 1. The highest BCUT2D eigenvalue weighted by Gasteiger charge is 2.14. The first-order chi connectivity index (χ1) is 11.6. The van der Waals surface area contributed by atoms with Gasteiger partial charge in [-0.05, 0) is 13.3 Å². The molecule has 24 heavy (non-hydrogen) atoms. The summed E-state index contributed by atoms with van der Waals surface area (Å²) in [6.07, 6.45) is 0.862. The van der Waals surface area contributed by atoms with E-state index in [0.717, 1.165) is 12.0 Å². The highest BCUT2D eigenvalue weighted by molar-refractivity contribution is 5.93. The van der Waals surface area contributed by atoms with Gasteiger partial charge in [-0.2, -0.15) is 0 Å². The number of nitrogens with zero attached hydrogens (tertiary/aromatic N) is 2. The lowest BCUT2D eigenvalue weighted by atomic mass is 10.2. The van der Waals surface area contributed by atoms with Crippen LogP contribution in [0, 0.1) is 0 Å². The zero-order valence-electron chi connectivity index (χ0n) is 14.4. The molecule has 2 N–H and O–H groups in total. The molecule has 1 atom stereocenters. The van der Waals surface area contributed by atoms with E-state index < -0.39 is 0 Å². The molecule has 1 aromatic heterocycles. The summed E-state index contributed by atoms with van der Waals surface area (Å²) in [6.45, 7) is 5.15. The maximum atomic E-state index is 12.4. The number of aromatic nitrogens is 2. The van der Waals surface area contributed by atoms with Gasteiger partial charge in [0.2, 0.25) is 0 Å². The molecule has 0 aliphatic heterocycles. The minimum absolute atomic E-state index is 0.0949. The van der Waals surface area contributed by atoms with Gasteiger partial charge >= 0.3 is 0 Å². The van der Waals surface area contributed by atoms with E-state index >= 15 is 0 Å². The van der Waals surface area contributed by atoms with Crippen molar-refractivity contribution in [2.24, 2.45) is 0 Å². The first kappa shape index (κ1) is 17.9. The molecule has 1 amide bonds. The van der Waals surface area contributed by atoms with Crippen LogP contribution in [0.25, 0.3) is 11.4 Å². The first-order valence-electron chi connectivity index (χ1n) is 8.12. The van der Waals surface area contributed by atoms with E-state index in [1.807, 2.05) is 44.2 Å². The van der Waals surface area contributed by atoms with Crippen LogP contribution >= 0.6 is 0 Å². The van der Waals surface area contributed by atoms with Gasteiger partial charge in [-0.3, -0.25) is 4.79 Å². The van der Waals surface area contributed by atoms with E-state index in [-0.39, 0.29) is 11.9 Å². The van der Waals surface area contributed by atoms with Crippen LogP contribution < -0.4 is 10.6 Å². The molecule has 1 unspecified atom stereocenters. The highest BCUT2D eigenvalue weighted by atomic mass is 16.5. The summed E-state index contributed by atoms with van der Waals surface area (Å²) in [5.41, 5.74) is 1.22. The van der Waals surface area contributed by atoms with Crippen LogP contribution in [0.4, 0.5) is 5.82 Å². The summed E-state index contributed by atoms with van der Waals surface area (Å²) >= 11 is 0. The summed E-state index contributed by atoms with van der Waals surface area (Å²) < 4.78 is 5.04. The number of ether oxygens (including phenoxy) is 1. The summed E-state index contributed by atoms with van der Waals surface area (Å²) in [5.74, 6) is 0.932. The molecule has 128 valence electrons. The predicted octanol–water partition coefficient (Wildman–Crippen LogP) is 2.73. The average molecular weight is 328 g/mol. The van der Waals surface area contributed by atoms with E-state index in [1.165, 1.54) is 0 Å². The first-order valence-corrected chi connectivity index (χ1v) is 8.12. The van der Waals surface area contributed by atoms with Crippen LogP contribution in [0.3, 0.4) is 0 Å². The van der Waals surface area contributed by atoms with Crippen LogP contribution in [0.2, 0.25) is 0 Å². The zero-order chi connectivity index (χ0) is 17.4. The van der Waals surface area contributed by atoms with Gasteiger partial charge in [0, 0.05) is 31.3 Å². The Morgan fingerprint density at radius 3 is 2.67 bits per heavy atom. The Kier molecular flexibility index (Phi) is 6.69. The predicted molar refractivity (Wildman–Crippen MR) is 95.1 cm³/mol. The highest BCUT2D eigenvalue weighted by Crippen LogP contribution is 2.18. The van der Waals surface area contributed by atoms with Crippen molar-refractivity contribution >= 4 is 11.7 Å². The Balaban J connectivity index is 2.31. The molecular weight excluding hydrogens is 304 g/mol. The Labute approximate surface area is 142 Å². The molecular formula is C18H24N4O2. The number of methoxy groups -OCH3 is 1. The lowest BCUT2D eigenvalue weighted by molar-refractivity contribution is 0.0934. The van der Waals surface area contributed by atoms with Crippen molar-refractivity contribution in [3.05, 3.63) is 42.1 Å². The number of carbonyl (C=O) groups is 1.